The lowest BCUT2D eigenvalue weighted by Crippen LogP contribution is -2.15. The largest absolute Gasteiger partial charge is 0.282 e. The van der Waals surface area contributed by atoms with Gasteiger partial charge in [0.2, 0.25) is 0 Å². The number of allylic oxidation sites excluding steroid dienone is 1. The van der Waals surface area contributed by atoms with Gasteiger partial charge in [0, 0.05) is 16.5 Å². The molecule has 0 unspecified atom stereocenters. The minimum atomic E-state index is -0.132. The molecule has 0 heterocycles. The average Bonchev–Trinajstić information content (AvgIpc) is 3.46. The molecule has 10 rings (SSSR count). The predicted molar refractivity (Wildman–Crippen MR) is 235 cm³/mol. The van der Waals surface area contributed by atoms with Crippen LogP contribution in [0.15, 0.2) is 187 Å². The van der Waals surface area contributed by atoms with Crippen LogP contribution < -0.4 is 0 Å². The molecule has 0 fully saturated rings. The predicted octanol–water partition coefficient (Wildman–Crippen LogP) is 13.8. The molecule has 55 heavy (non-hydrogen) atoms. The molecule has 9 aromatic carbocycles. The maximum atomic E-state index is 8.95. The van der Waals surface area contributed by atoms with Gasteiger partial charge in [0.1, 0.15) is 0 Å². The minimum Gasteiger partial charge on any atom is -0.282 e. The summed E-state index contributed by atoms with van der Waals surface area (Å²) in [6, 6.07) is 62.9. The Kier molecular flexibility index (Phi) is 7.67. The number of benzene rings is 9. The summed E-state index contributed by atoms with van der Waals surface area (Å²) < 4.78 is 0. The molecule has 1 N–H and O–H groups in total. The Bertz CT molecular complexity index is 3070. The first-order chi connectivity index (χ1) is 26.9. The van der Waals surface area contributed by atoms with Crippen molar-refractivity contribution in [3.8, 4) is 22.3 Å². The topological polar surface area (TPSA) is 36.2 Å². The Morgan fingerprint density at radius 1 is 0.491 bits per heavy atom. The zero-order valence-electron chi connectivity index (χ0n) is 30.8. The summed E-state index contributed by atoms with van der Waals surface area (Å²) >= 11 is 0. The molecule has 260 valence electrons. The third-order valence-corrected chi connectivity index (χ3v) is 11.5. The monoisotopic (exact) mass is 702 g/mol. The maximum absolute atomic E-state index is 8.95. The summed E-state index contributed by atoms with van der Waals surface area (Å²) in [7, 11) is 0. The second kappa shape index (κ2) is 12.9. The van der Waals surface area contributed by atoms with E-state index in [2.05, 4.69) is 172 Å². The van der Waals surface area contributed by atoms with E-state index >= 15 is 0 Å². The van der Waals surface area contributed by atoms with Crippen molar-refractivity contribution in [2.45, 2.75) is 19.3 Å². The van der Waals surface area contributed by atoms with Crippen LogP contribution in [0.1, 0.15) is 41.7 Å². The molecule has 0 atom stereocenters. The highest BCUT2D eigenvalue weighted by molar-refractivity contribution is 6.21. The van der Waals surface area contributed by atoms with Crippen molar-refractivity contribution in [2.75, 3.05) is 0 Å². The van der Waals surface area contributed by atoms with Gasteiger partial charge in [0.05, 0.1) is 5.71 Å². The van der Waals surface area contributed by atoms with Crippen LogP contribution >= 0.6 is 0 Å². The second-order valence-corrected chi connectivity index (χ2v) is 15.2. The molecule has 0 aliphatic heterocycles. The highest BCUT2D eigenvalue weighted by Gasteiger charge is 2.35. The van der Waals surface area contributed by atoms with Crippen LogP contribution in [0.2, 0.25) is 0 Å². The normalized spacial score (nSPS) is 13.5. The van der Waals surface area contributed by atoms with Gasteiger partial charge in [-0.3, -0.25) is 5.41 Å². The van der Waals surface area contributed by atoms with E-state index in [1.165, 1.54) is 76.5 Å². The molecule has 9 aromatic rings. The van der Waals surface area contributed by atoms with E-state index in [1.54, 1.807) is 0 Å². The first-order valence-corrected chi connectivity index (χ1v) is 19.0. The van der Waals surface area contributed by atoms with Crippen LogP contribution in [0.3, 0.4) is 0 Å². The Labute approximate surface area is 321 Å². The molecule has 0 bridgehead atoms. The van der Waals surface area contributed by atoms with Gasteiger partial charge in [-0.2, -0.15) is 0 Å². The van der Waals surface area contributed by atoms with Crippen LogP contribution in [0, 0.1) is 5.41 Å². The number of rotatable bonds is 5. The van der Waals surface area contributed by atoms with Crippen molar-refractivity contribution < 1.29 is 0 Å². The summed E-state index contributed by atoms with van der Waals surface area (Å²) in [5.74, 6) is 0.239. The van der Waals surface area contributed by atoms with Gasteiger partial charge in [-0.1, -0.05) is 172 Å². The van der Waals surface area contributed by atoms with Crippen LogP contribution in [0.4, 0.5) is 0 Å². The lowest BCUT2D eigenvalue weighted by atomic mass is 9.82. The maximum Gasteiger partial charge on any atom is 0.152 e. The summed E-state index contributed by atoms with van der Waals surface area (Å²) in [5, 5.41) is 18.9. The van der Waals surface area contributed by atoms with Crippen molar-refractivity contribution in [1.82, 2.24) is 0 Å². The van der Waals surface area contributed by atoms with E-state index in [0.717, 1.165) is 22.4 Å². The molecule has 1 aliphatic carbocycles. The Balaban J connectivity index is 1.04. The molecule has 2 nitrogen and oxygen atoms in total. The molecule has 1 aliphatic rings. The first-order valence-electron chi connectivity index (χ1n) is 19.0. The highest BCUT2D eigenvalue weighted by Crippen LogP contribution is 2.49. The molecule has 0 saturated heterocycles. The Morgan fingerprint density at radius 3 is 2.05 bits per heavy atom. The molecular weight excluding hydrogens is 665 g/mol. The van der Waals surface area contributed by atoms with Gasteiger partial charge in [0.25, 0.3) is 0 Å². The van der Waals surface area contributed by atoms with E-state index in [1.807, 2.05) is 30.3 Å². The first kappa shape index (κ1) is 32.7. The van der Waals surface area contributed by atoms with Crippen molar-refractivity contribution in [2.24, 2.45) is 4.99 Å². The smallest absolute Gasteiger partial charge is 0.152 e. The zero-order valence-corrected chi connectivity index (χ0v) is 30.8. The molecule has 0 amide bonds. The van der Waals surface area contributed by atoms with Gasteiger partial charge in [-0.25, -0.2) is 4.99 Å². The standard InChI is InChI=1S/C53H38N2/c1-53(2)48-19-11-10-18-44(48)45-27-26-40(33-49(45)53)50(55-52(54)36-13-4-3-5-14-36)29-21-34-20-22-38-31-41(24-23-37(38)30-34)51-43-17-9-7-15-39(43)32-47-42-16-8-6-12-35(42)25-28-46(47)51/h3-33,54H,1-2H3/b29-21+,54-52?,55-50?. The van der Waals surface area contributed by atoms with Crippen molar-refractivity contribution >= 4 is 60.7 Å². The number of fused-ring (bicyclic) bond motifs is 8. The molecule has 0 radical (unpaired) electrons. The number of hydrogen-bond donors (Lipinski definition) is 1. The summed E-state index contributed by atoms with van der Waals surface area (Å²) in [6.07, 6.45) is 4.19. The average molecular weight is 703 g/mol. The van der Waals surface area contributed by atoms with E-state index in [9.17, 15) is 0 Å². The molecule has 2 heteroatoms. The fraction of sp³-hybridized carbons (Fsp3) is 0.0566. The van der Waals surface area contributed by atoms with Crippen LogP contribution in [0.5, 0.6) is 0 Å². The van der Waals surface area contributed by atoms with Gasteiger partial charge >= 0.3 is 0 Å². The van der Waals surface area contributed by atoms with Crippen LogP contribution in [-0.2, 0) is 5.41 Å². The van der Waals surface area contributed by atoms with Gasteiger partial charge in [-0.15, -0.1) is 0 Å². The van der Waals surface area contributed by atoms with Gasteiger partial charge in [0.15, 0.2) is 5.84 Å². The molecule has 0 spiro atoms. The number of aliphatic imine (C=N–C) groups is 1. The number of nitrogens with one attached hydrogen (secondary N) is 1. The third kappa shape index (κ3) is 5.57. The van der Waals surface area contributed by atoms with Crippen molar-refractivity contribution in [3.63, 3.8) is 0 Å². The third-order valence-electron chi connectivity index (χ3n) is 11.5. The Morgan fingerprint density at radius 2 is 1.18 bits per heavy atom. The summed E-state index contributed by atoms with van der Waals surface area (Å²) in [6.45, 7) is 4.59. The lowest BCUT2D eigenvalue weighted by Gasteiger charge is -2.22. The minimum absolute atomic E-state index is 0.132. The number of nitrogens with zero attached hydrogens (tertiary/aromatic N) is 1. The van der Waals surface area contributed by atoms with Crippen molar-refractivity contribution in [3.05, 3.63) is 210 Å². The fourth-order valence-corrected chi connectivity index (χ4v) is 8.67. The van der Waals surface area contributed by atoms with E-state index in [0.29, 0.717) is 0 Å². The lowest BCUT2D eigenvalue weighted by molar-refractivity contribution is 0.660. The molecule has 0 aromatic heterocycles. The Hall–Kier alpha value is -6.90. The zero-order chi connectivity index (χ0) is 37.1. The number of hydrogen-bond acceptors (Lipinski definition) is 1. The molecule has 0 saturated carbocycles. The van der Waals surface area contributed by atoms with E-state index in [4.69, 9.17) is 10.4 Å². The van der Waals surface area contributed by atoms with Gasteiger partial charge in [-0.05, 0) is 112 Å². The molecular formula is C53H38N2. The summed E-state index contributed by atoms with van der Waals surface area (Å²) in [4.78, 5) is 4.94. The summed E-state index contributed by atoms with van der Waals surface area (Å²) in [5.41, 5.74) is 11.2. The second-order valence-electron chi connectivity index (χ2n) is 15.2. The van der Waals surface area contributed by atoms with Gasteiger partial charge < -0.3 is 0 Å². The van der Waals surface area contributed by atoms with Crippen LogP contribution in [-0.4, -0.2) is 11.5 Å². The van der Waals surface area contributed by atoms with Crippen molar-refractivity contribution in [1.29, 1.82) is 5.41 Å². The van der Waals surface area contributed by atoms with E-state index in [-0.39, 0.29) is 11.3 Å². The van der Waals surface area contributed by atoms with Crippen LogP contribution in [0.25, 0.3) is 71.4 Å². The quantitative estimate of drug-likeness (QED) is 0.0802. The highest BCUT2D eigenvalue weighted by atomic mass is 14.8. The van der Waals surface area contributed by atoms with E-state index < -0.39 is 0 Å². The SMILES string of the molecule is CC1(C)c2ccccc2-c2ccc(C(/C=C/c3ccc4cc(-c5c6ccccc6cc6c5ccc5ccccc56)ccc4c3)=NC(=N)c3ccccc3)cc21. The number of amidine groups is 1. The fourth-order valence-electron chi connectivity index (χ4n) is 8.67.